The average molecular weight is 431 g/mol. The highest BCUT2D eigenvalue weighted by molar-refractivity contribution is 6.00. The number of anilines is 4. The molecular weight excluding hydrogens is 404 g/mol. The molecule has 0 radical (unpaired) electrons. The normalized spacial score (nSPS) is 17.0. The Hall–Kier alpha value is -3.49. The molecule has 0 unspecified atom stereocenters. The summed E-state index contributed by atoms with van der Waals surface area (Å²) in [6.07, 6.45) is 3.21. The Labute approximate surface area is 186 Å². The molecule has 1 saturated carbocycles. The number of carbonyl (C=O) groups is 1. The van der Waals surface area contributed by atoms with Gasteiger partial charge in [-0.3, -0.25) is 4.79 Å². The molecule has 1 aromatic heterocycles. The summed E-state index contributed by atoms with van der Waals surface area (Å²) >= 11 is 0. The van der Waals surface area contributed by atoms with Crippen molar-refractivity contribution in [1.82, 2.24) is 9.97 Å². The molecule has 0 atom stereocenters. The van der Waals surface area contributed by atoms with Gasteiger partial charge >= 0.3 is 0 Å². The SMILES string of the molecule is NC1(C(=O)Nc2ccc(-c3ccnc(Nc4ccc(N5CCOCC5)cc4)n3)cc2)CC1. The Kier molecular flexibility index (Phi) is 5.46. The van der Waals surface area contributed by atoms with Crippen molar-refractivity contribution >= 4 is 28.9 Å². The summed E-state index contributed by atoms with van der Waals surface area (Å²) in [5.74, 6) is 0.399. The van der Waals surface area contributed by atoms with Gasteiger partial charge in [0.15, 0.2) is 0 Å². The maximum Gasteiger partial charge on any atom is 0.244 e. The highest BCUT2D eigenvalue weighted by atomic mass is 16.5. The topological polar surface area (TPSA) is 105 Å². The van der Waals surface area contributed by atoms with Crippen molar-refractivity contribution in [2.75, 3.05) is 41.8 Å². The van der Waals surface area contributed by atoms with Crippen molar-refractivity contribution in [1.29, 1.82) is 0 Å². The number of carbonyl (C=O) groups excluding carboxylic acids is 1. The number of hydrogen-bond donors (Lipinski definition) is 3. The second-order valence-electron chi connectivity index (χ2n) is 8.22. The fourth-order valence-electron chi connectivity index (χ4n) is 3.63. The lowest BCUT2D eigenvalue weighted by atomic mass is 10.1. The third-order valence-corrected chi connectivity index (χ3v) is 5.83. The first-order valence-corrected chi connectivity index (χ1v) is 10.8. The molecule has 2 heterocycles. The highest BCUT2D eigenvalue weighted by Crippen LogP contribution is 2.33. The van der Waals surface area contributed by atoms with E-state index in [1.54, 1.807) is 6.20 Å². The van der Waals surface area contributed by atoms with Gasteiger partial charge < -0.3 is 26.0 Å². The molecule has 8 nitrogen and oxygen atoms in total. The summed E-state index contributed by atoms with van der Waals surface area (Å²) in [7, 11) is 0. The number of hydrogen-bond acceptors (Lipinski definition) is 7. The Bertz CT molecular complexity index is 1090. The number of nitrogens with two attached hydrogens (primary N) is 1. The maximum absolute atomic E-state index is 12.1. The van der Waals surface area contributed by atoms with Crippen LogP contribution in [0.4, 0.5) is 23.0 Å². The van der Waals surface area contributed by atoms with Crippen molar-refractivity contribution in [3.05, 3.63) is 60.8 Å². The van der Waals surface area contributed by atoms with E-state index in [-0.39, 0.29) is 5.91 Å². The largest absolute Gasteiger partial charge is 0.378 e. The predicted molar refractivity (Wildman–Crippen MR) is 125 cm³/mol. The van der Waals surface area contributed by atoms with Crippen molar-refractivity contribution < 1.29 is 9.53 Å². The van der Waals surface area contributed by atoms with Gasteiger partial charge in [-0.2, -0.15) is 0 Å². The number of aromatic nitrogens is 2. The van der Waals surface area contributed by atoms with Crippen molar-refractivity contribution in [3.8, 4) is 11.3 Å². The van der Waals surface area contributed by atoms with Crippen LogP contribution < -0.4 is 21.3 Å². The van der Waals surface area contributed by atoms with Crippen LogP contribution in [0.1, 0.15) is 12.8 Å². The number of rotatable bonds is 6. The van der Waals surface area contributed by atoms with Gasteiger partial charge in [-0.05, 0) is 55.3 Å². The van der Waals surface area contributed by atoms with Gasteiger partial charge in [0.25, 0.3) is 0 Å². The summed E-state index contributed by atoms with van der Waals surface area (Å²) in [5.41, 5.74) is 9.82. The molecule has 3 aromatic rings. The summed E-state index contributed by atoms with van der Waals surface area (Å²) in [6, 6.07) is 17.7. The molecule has 1 amide bonds. The number of ether oxygens (including phenoxy) is 1. The van der Waals surface area contributed by atoms with E-state index in [4.69, 9.17) is 10.5 Å². The van der Waals surface area contributed by atoms with Crippen LogP contribution in [0.3, 0.4) is 0 Å². The van der Waals surface area contributed by atoms with Crippen molar-refractivity contribution in [2.24, 2.45) is 5.73 Å². The van der Waals surface area contributed by atoms with Gasteiger partial charge in [0.1, 0.15) is 0 Å². The number of benzene rings is 2. The first-order valence-electron chi connectivity index (χ1n) is 10.8. The molecule has 164 valence electrons. The van der Waals surface area contributed by atoms with E-state index in [1.807, 2.05) is 42.5 Å². The molecule has 1 saturated heterocycles. The molecule has 32 heavy (non-hydrogen) atoms. The molecule has 0 spiro atoms. The average Bonchev–Trinajstić information content (AvgIpc) is 3.59. The van der Waals surface area contributed by atoms with Crippen molar-refractivity contribution in [2.45, 2.75) is 18.4 Å². The number of nitrogens with one attached hydrogen (secondary N) is 2. The van der Waals surface area contributed by atoms with Gasteiger partial charge in [0.2, 0.25) is 11.9 Å². The third-order valence-electron chi connectivity index (χ3n) is 5.83. The quantitative estimate of drug-likeness (QED) is 0.552. The number of nitrogens with zero attached hydrogens (tertiary/aromatic N) is 3. The minimum Gasteiger partial charge on any atom is -0.378 e. The lowest BCUT2D eigenvalue weighted by Gasteiger charge is -2.28. The van der Waals surface area contributed by atoms with E-state index in [2.05, 4.69) is 37.6 Å². The minimum absolute atomic E-state index is 0.126. The monoisotopic (exact) mass is 430 g/mol. The number of amides is 1. The second kappa shape index (κ2) is 8.57. The van der Waals surface area contributed by atoms with E-state index >= 15 is 0 Å². The van der Waals surface area contributed by atoms with E-state index in [9.17, 15) is 4.79 Å². The van der Waals surface area contributed by atoms with E-state index in [0.29, 0.717) is 5.95 Å². The van der Waals surface area contributed by atoms with Gasteiger partial charge in [0, 0.05) is 41.9 Å². The lowest BCUT2D eigenvalue weighted by molar-refractivity contribution is -0.118. The van der Waals surface area contributed by atoms with Crippen molar-refractivity contribution in [3.63, 3.8) is 0 Å². The van der Waals surface area contributed by atoms with Gasteiger partial charge in [0.05, 0.1) is 24.4 Å². The number of morpholine rings is 1. The zero-order valence-electron chi connectivity index (χ0n) is 17.8. The molecule has 2 aromatic carbocycles. The predicted octanol–water partition coefficient (Wildman–Crippen LogP) is 3.15. The van der Waals surface area contributed by atoms with Crippen LogP contribution in [-0.4, -0.2) is 47.7 Å². The first kappa shape index (κ1) is 20.4. The molecule has 2 fully saturated rings. The van der Waals surface area contributed by atoms with E-state index in [1.165, 1.54) is 5.69 Å². The standard InChI is InChI=1S/C24H26N6O2/c25-24(10-11-24)22(31)27-18-3-1-17(2-4-18)21-9-12-26-23(29-21)28-19-5-7-20(8-6-19)30-13-15-32-16-14-30/h1-9,12H,10-11,13-16,25H2,(H,27,31)(H,26,28,29). The van der Waals surface area contributed by atoms with Crippen LogP contribution in [0.15, 0.2) is 60.8 Å². The second-order valence-corrected chi connectivity index (χ2v) is 8.22. The van der Waals surface area contributed by atoms with Gasteiger partial charge in [-0.1, -0.05) is 12.1 Å². The molecule has 8 heteroatoms. The molecule has 2 aliphatic rings. The van der Waals surface area contributed by atoms with E-state index in [0.717, 1.165) is 61.8 Å². The molecule has 1 aliphatic heterocycles. The molecule has 0 bridgehead atoms. The van der Waals surface area contributed by atoms with Gasteiger partial charge in [-0.15, -0.1) is 0 Å². The third kappa shape index (κ3) is 4.56. The molecule has 5 rings (SSSR count). The van der Waals surface area contributed by atoms with Gasteiger partial charge in [-0.25, -0.2) is 9.97 Å². The summed E-state index contributed by atoms with van der Waals surface area (Å²) < 4.78 is 5.42. The minimum atomic E-state index is -0.688. The zero-order valence-corrected chi connectivity index (χ0v) is 17.8. The Morgan fingerprint density at radius 2 is 1.66 bits per heavy atom. The van der Waals surface area contributed by atoms with Crippen LogP contribution in [-0.2, 0) is 9.53 Å². The van der Waals surface area contributed by atoms with Crippen LogP contribution in [0.2, 0.25) is 0 Å². The van der Waals surface area contributed by atoms with Crippen LogP contribution in [0, 0.1) is 0 Å². The first-order chi connectivity index (χ1) is 15.6. The maximum atomic E-state index is 12.1. The fraction of sp³-hybridized carbons (Fsp3) is 0.292. The summed E-state index contributed by atoms with van der Waals surface area (Å²) in [6.45, 7) is 3.35. The molecule has 4 N–H and O–H groups in total. The lowest BCUT2D eigenvalue weighted by Crippen LogP contribution is -2.37. The van der Waals surface area contributed by atoms with Crippen LogP contribution in [0.25, 0.3) is 11.3 Å². The molecular formula is C24H26N6O2. The van der Waals surface area contributed by atoms with Crippen LogP contribution in [0.5, 0.6) is 0 Å². The summed E-state index contributed by atoms with van der Waals surface area (Å²) in [4.78, 5) is 23.4. The Morgan fingerprint density at radius 1 is 0.969 bits per heavy atom. The molecule has 1 aliphatic carbocycles. The Morgan fingerprint density at radius 3 is 2.34 bits per heavy atom. The highest BCUT2D eigenvalue weighted by Gasteiger charge is 2.45. The van der Waals surface area contributed by atoms with E-state index < -0.39 is 5.54 Å². The summed E-state index contributed by atoms with van der Waals surface area (Å²) in [5, 5.41) is 6.14. The zero-order chi connectivity index (χ0) is 22.0. The fourth-order valence-corrected chi connectivity index (χ4v) is 3.63. The van der Waals surface area contributed by atoms with Crippen LogP contribution >= 0.6 is 0 Å². The smallest absolute Gasteiger partial charge is 0.244 e. The Balaban J connectivity index is 1.24.